The predicted molar refractivity (Wildman–Crippen MR) is 104 cm³/mol. The summed E-state index contributed by atoms with van der Waals surface area (Å²) in [7, 11) is 0. The first kappa shape index (κ1) is 21.2. The third kappa shape index (κ3) is 4.12. The maximum Gasteiger partial charge on any atom is 0.393 e. The summed E-state index contributed by atoms with van der Waals surface area (Å²) in [6.07, 6.45) is 1.57. The van der Waals surface area contributed by atoms with Crippen molar-refractivity contribution in [2.75, 3.05) is 5.32 Å². The first-order chi connectivity index (χ1) is 13.5. The van der Waals surface area contributed by atoms with Gasteiger partial charge in [0.05, 0.1) is 23.3 Å². The van der Waals surface area contributed by atoms with Crippen LogP contribution in [0.5, 0.6) is 0 Å². The van der Waals surface area contributed by atoms with Crippen molar-refractivity contribution in [1.29, 1.82) is 0 Å². The lowest BCUT2D eigenvalue weighted by molar-refractivity contribution is -0.155. The topological polar surface area (TPSA) is 102 Å². The third-order valence-corrected chi connectivity index (χ3v) is 5.52. The highest BCUT2D eigenvalue weighted by atomic mass is 35.5. The second-order valence-corrected chi connectivity index (χ2v) is 7.92. The molecule has 0 bridgehead atoms. The molecule has 29 heavy (non-hydrogen) atoms. The molecule has 3 rings (SSSR count). The quantitative estimate of drug-likeness (QED) is 0.492. The van der Waals surface area contributed by atoms with Crippen LogP contribution in [0.2, 0.25) is 5.02 Å². The molecule has 1 saturated carbocycles. The van der Waals surface area contributed by atoms with E-state index in [2.05, 4.69) is 15.6 Å². The Labute approximate surface area is 169 Å². The molecule has 0 saturated heterocycles. The molecule has 11 heteroatoms. The molecule has 0 radical (unpaired) electrons. The number of carbonyl (C=O) groups excluding carboxylic acids is 1. The van der Waals surface area contributed by atoms with Crippen molar-refractivity contribution >= 4 is 29.5 Å². The average molecular weight is 432 g/mol. The normalized spacial score (nSPS) is 23.7. The smallest absolute Gasteiger partial charge is 0.390 e. The van der Waals surface area contributed by atoms with Crippen LogP contribution in [0.4, 0.5) is 18.9 Å². The number of pyridine rings is 1. The first-order valence-electron chi connectivity index (χ1n) is 9.05. The van der Waals surface area contributed by atoms with Crippen molar-refractivity contribution in [1.82, 2.24) is 9.88 Å². The number of aliphatic imine (C=N–C) groups is 1. The first-order valence-corrected chi connectivity index (χ1v) is 9.43. The van der Waals surface area contributed by atoms with Gasteiger partial charge >= 0.3 is 6.18 Å². The van der Waals surface area contributed by atoms with E-state index < -0.39 is 35.3 Å². The summed E-state index contributed by atoms with van der Waals surface area (Å²) in [4.78, 5) is 29.2. The van der Waals surface area contributed by atoms with Gasteiger partial charge in [0.2, 0.25) is 0 Å². The second kappa shape index (κ2) is 7.40. The maximum atomic E-state index is 13.1. The van der Waals surface area contributed by atoms with Crippen molar-refractivity contribution < 1.29 is 18.0 Å². The summed E-state index contributed by atoms with van der Waals surface area (Å²) in [6.45, 7) is 1.15. The number of nitrogens with two attached hydrogens (primary N) is 1. The molecule has 1 aliphatic heterocycles. The number of anilines is 1. The number of hydrogen-bond donors (Lipinski definition) is 3. The monoisotopic (exact) mass is 431 g/mol. The predicted octanol–water partition coefficient (Wildman–Crippen LogP) is 3.10. The summed E-state index contributed by atoms with van der Waals surface area (Å²) in [5.74, 6) is -0.821. The number of carbonyl (C=O) groups is 1. The Morgan fingerprint density at radius 1 is 1.38 bits per heavy atom. The van der Waals surface area contributed by atoms with Crippen molar-refractivity contribution in [3.8, 4) is 0 Å². The van der Waals surface area contributed by atoms with E-state index in [4.69, 9.17) is 17.3 Å². The van der Waals surface area contributed by atoms with Crippen LogP contribution < -0.4 is 21.9 Å². The Morgan fingerprint density at radius 3 is 2.62 bits per heavy atom. The minimum Gasteiger partial charge on any atom is -0.390 e. The fraction of sp³-hybridized carbons (Fsp3) is 0.500. The van der Waals surface area contributed by atoms with E-state index in [1.54, 1.807) is 6.08 Å². The Bertz CT molecular complexity index is 935. The molecule has 1 aliphatic carbocycles. The summed E-state index contributed by atoms with van der Waals surface area (Å²) >= 11 is 6.20. The molecule has 0 spiro atoms. The Morgan fingerprint density at radius 2 is 2.03 bits per heavy atom. The molecule has 1 fully saturated rings. The van der Waals surface area contributed by atoms with E-state index in [-0.39, 0.29) is 16.4 Å². The van der Waals surface area contributed by atoms with Crippen LogP contribution in [0.1, 0.15) is 49.5 Å². The lowest BCUT2D eigenvalue weighted by atomic mass is 9.97. The average Bonchev–Trinajstić information content (AvgIpc) is 3.14. The van der Waals surface area contributed by atoms with Gasteiger partial charge in [-0.1, -0.05) is 24.4 Å². The van der Waals surface area contributed by atoms with Crippen LogP contribution in [0.3, 0.4) is 0 Å². The van der Waals surface area contributed by atoms with Crippen molar-refractivity contribution in [2.24, 2.45) is 10.7 Å². The second-order valence-electron chi connectivity index (χ2n) is 7.52. The van der Waals surface area contributed by atoms with Gasteiger partial charge in [-0.15, -0.1) is 0 Å². The van der Waals surface area contributed by atoms with Gasteiger partial charge in [-0.3, -0.25) is 14.2 Å². The Hall–Kier alpha value is -2.49. The van der Waals surface area contributed by atoms with Gasteiger partial charge in [0.25, 0.3) is 11.5 Å². The molecule has 1 atom stereocenters. The Balaban J connectivity index is 2.08. The number of nitrogens with one attached hydrogen (secondary N) is 2. The van der Waals surface area contributed by atoms with Crippen LogP contribution in [-0.2, 0) is 5.66 Å². The summed E-state index contributed by atoms with van der Waals surface area (Å²) < 4.78 is 40.2. The standard InChI is InChI=1S/C18H21ClF3N5O2/c1-16(9-18(20,21)22)26-14(28)13-11(19)8-12(15(29)27(13)16)25-17(4-2-3-5-17)6-7-24-10-23/h6-8,10,25H,2-5,9H2,1H3,(H2,23,24)(H,26,28)/b7-6-. The summed E-state index contributed by atoms with van der Waals surface area (Å²) in [6, 6.07) is 1.29. The number of rotatable bonds is 5. The van der Waals surface area contributed by atoms with Gasteiger partial charge in [-0.05, 0) is 31.9 Å². The molecule has 1 unspecified atom stereocenters. The maximum absolute atomic E-state index is 13.1. The number of nitrogens with zero attached hydrogens (tertiary/aromatic N) is 2. The van der Waals surface area contributed by atoms with Crippen LogP contribution in [0, 0.1) is 0 Å². The minimum atomic E-state index is -4.60. The fourth-order valence-corrected chi connectivity index (χ4v) is 4.35. The number of alkyl halides is 3. The van der Waals surface area contributed by atoms with Crippen molar-refractivity contribution in [3.63, 3.8) is 0 Å². The highest BCUT2D eigenvalue weighted by Gasteiger charge is 2.49. The number of hydrogen-bond acceptors (Lipinski definition) is 4. The number of amides is 1. The van der Waals surface area contributed by atoms with Crippen molar-refractivity contribution in [2.45, 2.75) is 56.4 Å². The molecule has 1 aromatic heterocycles. The molecule has 7 nitrogen and oxygen atoms in total. The number of fused-ring (bicyclic) bond motifs is 1. The zero-order chi connectivity index (χ0) is 21.4. The molecular formula is C18H21ClF3N5O2. The largest absolute Gasteiger partial charge is 0.393 e. The van der Waals surface area contributed by atoms with Gasteiger partial charge in [0.1, 0.15) is 17.0 Å². The zero-order valence-corrected chi connectivity index (χ0v) is 16.4. The highest BCUT2D eigenvalue weighted by Crippen LogP contribution is 2.38. The van der Waals surface area contributed by atoms with Gasteiger partial charge in [-0.2, -0.15) is 13.2 Å². The van der Waals surface area contributed by atoms with Crippen LogP contribution in [0.15, 0.2) is 28.1 Å². The summed E-state index contributed by atoms with van der Waals surface area (Å²) in [5.41, 5.74) is 1.65. The van der Waals surface area contributed by atoms with E-state index in [1.165, 1.54) is 12.3 Å². The molecule has 158 valence electrons. The molecule has 0 aromatic carbocycles. The van der Waals surface area contributed by atoms with Crippen LogP contribution >= 0.6 is 11.6 Å². The number of halogens is 4. The SMILES string of the molecule is CC1(CC(F)(F)F)NC(=O)c2c(Cl)cc(NC3(/C=C\N=CN)CCCC3)c(=O)n21. The number of aromatic nitrogens is 1. The molecule has 1 amide bonds. The molecule has 1 aromatic rings. The third-order valence-electron chi connectivity index (χ3n) is 5.24. The lowest BCUT2D eigenvalue weighted by Crippen LogP contribution is -2.48. The zero-order valence-electron chi connectivity index (χ0n) is 15.6. The fourth-order valence-electron chi connectivity index (χ4n) is 4.07. The van der Waals surface area contributed by atoms with Gasteiger partial charge in [0, 0.05) is 6.20 Å². The van der Waals surface area contributed by atoms with E-state index in [0.717, 1.165) is 30.7 Å². The Kier molecular flexibility index (Phi) is 5.42. The molecular weight excluding hydrogens is 411 g/mol. The van der Waals surface area contributed by atoms with Crippen LogP contribution in [-0.4, -0.2) is 28.5 Å². The van der Waals surface area contributed by atoms with Gasteiger partial charge < -0.3 is 16.4 Å². The molecule has 2 heterocycles. The highest BCUT2D eigenvalue weighted by molar-refractivity contribution is 6.34. The molecule has 4 N–H and O–H groups in total. The van der Waals surface area contributed by atoms with E-state index >= 15 is 0 Å². The van der Waals surface area contributed by atoms with Crippen molar-refractivity contribution in [3.05, 3.63) is 39.4 Å². The van der Waals surface area contributed by atoms with E-state index in [1.807, 2.05) is 0 Å². The van der Waals surface area contributed by atoms with E-state index in [0.29, 0.717) is 12.8 Å². The lowest BCUT2D eigenvalue weighted by Gasteiger charge is -2.31. The van der Waals surface area contributed by atoms with Crippen LogP contribution in [0.25, 0.3) is 0 Å². The van der Waals surface area contributed by atoms with Gasteiger partial charge in [-0.25, -0.2) is 4.99 Å². The summed E-state index contributed by atoms with van der Waals surface area (Å²) in [5, 5.41) is 5.27. The van der Waals surface area contributed by atoms with E-state index in [9.17, 15) is 22.8 Å². The molecule has 2 aliphatic rings. The minimum absolute atomic E-state index is 0.0203. The van der Waals surface area contributed by atoms with Gasteiger partial charge in [0.15, 0.2) is 0 Å².